The van der Waals surface area contributed by atoms with Gasteiger partial charge in [0.2, 0.25) is 0 Å². The van der Waals surface area contributed by atoms with Crippen LogP contribution in [0.2, 0.25) is 0 Å². The Kier molecular flexibility index (Phi) is 7.06. The van der Waals surface area contributed by atoms with Crippen molar-refractivity contribution in [1.29, 1.82) is 0 Å². The van der Waals surface area contributed by atoms with E-state index in [0.717, 1.165) is 19.3 Å². The summed E-state index contributed by atoms with van der Waals surface area (Å²) in [6.07, 6.45) is -1.05. The van der Waals surface area contributed by atoms with Crippen LogP contribution in [0.4, 0.5) is 0 Å². The first-order valence-electron chi connectivity index (χ1n) is 6.52. The highest BCUT2D eigenvalue weighted by molar-refractivity contribution is 4.86. The van der Waals surface area contributed by atoms with Gasteiger partial charge in [0.1, 0.15) is 18.3 Å². The Hall–Kier alpha value is -0.240. The van der Waals surface area contributed by atoms with Crippen LogP contribution in [0, 0.1) is 0 Å². The molecule has 1 heterocycles. The van der Waals surface area contributed by atoms with Crippen LogP contribution < -0.4 is 0 Å². The molecule has 18 heavy (non-hydrogen) atoms. The molecule has 1 fully saturated rings. The molecule has 0 aromatic carbocycles. The minimum atomic E-state index is -1.19. The monoisotopic (exact) mass is 264 g/mol. The number of hydrogen-bond acceptors (Lipinski definition) is 6. The molecule has 0 aromatic rings. The Balaban J connectivity index is 2.22. The van der Waals surface area contributed by atoms with E-state index in [1.54, 1.807) is 0 Å². The average Bonchev–Trinajstić information content (AvgIpc) is 2.64. The molecule has 0 aromatic heterocycles. The highest BCUT2D eigenvalue weighted by Crippen LogP contribution is 2.22. The summed E-state index contributed by atoms with van der Waals surface area (Å²) in [4.78, 5) is 0. The lowest BCUT2D eigenvalue weighted by Crippen LogP contribution is -2.35. The van der Waals surface area contributed by atoms with E-state index in [0.29, 0.717) is 6.42 Å². The predicted octanol–water partition coefficient (Wildman–Crippen LogP) is -0.617. The van der Waals surface area contributed by atoms with E-state index < -0.39 is 30.7 Å². The Bertz CT molecular complexity index is 225. The fourth-order valence-corrected chi connectivity index (χ4v) is 1.92. The van der Waals surface area contributed by atoms with Gasteiger partial charge in [-0.25, -0.2) is 0 Å². The van der Waals surface area contributed by atoms with Gasteiger partial charge in [0.15, 0.2) is 6.29 Å². The van der Waals surface area contributed by atoms with Crippen LogP contribution in [0.15, 0.2) is 0 Å². The molecule has 0 saturated carbocycles. The molecule has 6 nitrogen and oxygen atoms in total. The SMILES string of the molecule is CCCCCC(O)CO[C@@H]1O[C@H](CO)[C@H](O)[C@H]1O. The van der Waals surface area contributed by atoms with Crippen LogP contribution in [0.25, 0.3) is 0 Å². The van der Waals surface area contributed by atoms with Gasteiger partial charge in [0.25, 0.3) is 0 Å². The smallest absolute Gasteiger partial charge is 0.186 e. The fraction of sp³-hybridized carbons (Fsp3) is 1.00. The van der Waals surface area contributed by atoms with E-state index in [9.17, 15) is 15.3 Å². The van der Waals surface area contributed by atoms with Crippen LogP contribution in [-0.2, 0) is 9.47 Å². The molecule has 1 aliphatic heterocycles. The number of unbranched alkanes of at least 4 members (excludes halogenated alkanes) is 2. The summed E-state index contributed by atoms with van der Waals surface area (Å²) in [7, 11) is 0. The van der Waals surface area contributed by atoms with Gasteiger partial charge in [-0.3, -0.25) is 0 Å². The Labute approximate surface area is 107 Å². The minimum absolute atomic E-state index is 0.0519. The molecule has 1 aliphatic rings. The van der Waals surface area contributed by atoms with Gasteiger partial charge in [-0.15, -0.1) is 0 Å². The second-order valence-corrected chi connectivity index (χ2v) is 4.69. The molecule has 4 N–H and O–H groups in total. The summed E-state index contributed by atoms with van der Waals surface area (Å²) < 4.78 is 10.3. The average molecular weight is 264 g/mol. The highest BCUT2D eigenvalue weighted by Gasteiger charge is 2.43. The Morgan fingerprint density at radius 1 is 1.22 bits per heavy atom. The second kappa shape index (κ2) is 8.04. The third-order valence-corrected chi connectivity index (χ3v) is 3.09. The maximum atomic E-state index is 9.64. The maximum Gasteiger partial charge on any atom is 0.186 e. The quantitative estimate of drug-likeness (QED) is 0.436. The van der Waals surface area contributed by atoms with E-state index >= 15 is 0 Å². The maximum absolute atomic E-state index is 9.64. The number of aliphatic hydroxyl groups excluding tert-OH is 4. The lowest BCUT2D eigenvalue weighted by Gasteiger charge is -2.18. The summed E-state index contributed by atoms with van der Waals surface area (Å²) in [5.41, 5.74) is 0. The van der Waals surface area contributed by atoms with Crippen molar-refractivity contribution in [3.8, 4) is 0 Å². The van der Waals surface area contributed by atoms with Crippen molar-refractivity contribution in [3.05, 3.63) is 0 Å². The van der Waals surface area contributed by atoms with Gasteiger partial charge in [0, 0.05) is 0 Å². The van der Waals surface area contributed by atoms with Crippen LogP contribution in [-0.4, -0.2) is 64.3 Å². The van der Waals surface area contributed by atoms with E-state index in [-0.39, 0.29) is 13.2 Å². The fourth-order valence-electron chi connectivity index (χ4n) is 1.92. The molecule has 5 atom stereocenters. The van der Waals surface area contributed by atoms with Crippen molar-refractivity contribution in [3.63, 3.8) is 0 Å². The van der Waals surface area contributed by atoms with Crippen LogP contribution >= 0.6 is 0 Å². The van der Waals surface area contributed by atoms with E-state index in [4.69, 9.17) is 14.6 Å². The zero-order valence-corrected chi connectivity index (χ0v) is 10.7. The molecule has 0 radical (unpaired) electrons. The zero-order valence-electron chi connectivity index (χ0n) is 10.7. The first-order valence-corrected chi connectivity index (χ1v) is 6.52. The standard InChI is InChI=1S/C12H24O6/c1-2-3-4-5-8(14)7-17-12-11(16)10(15)9(6-13)18-12/h8-16H,2-7H2,1H3/t8?,9-,10+,11-,12-/m1/s1. The lowest BCUT2D eigenvalue weighted by molar-refractivity contribution is -0.181. The Morgan fingerprint density at radius 3 is 2.50 bits per heavy atom. The molecule has 0 bridgehead atoms. The molecule has 0 spiro atoms. The summed E-state index contributed by atoms with van der Waals surface area (Å²) in [5.74, 6) is 0. The molecular formula is C12H24O6. The molecule has 108 valence electrons. The topological polar surface area (TPSA) is 99.4 Å². The first-order chi connectivity index (χ1) is 8.60. The van der Waals surface area contributed by atoms with Gasteiger partial charge in [-0.2, -0.15) is 0 Å². The largest absolute Gasteiger partial charge is 0.394 e. The molecule has 0 aliphatic carbocycles. The normalized spacial score (nSPS) is 33.8. The molecular weight excluding hydrogens is 240 g/mol. The summed E-state index contributed by atoms with van der Waals surface area (Å²) in [6.45, 7) is 1.76. The Morgan fingerprint density at radius 2 is 1.94 bits per heavy atom. The third-order valence-electron chi connectivity index (χ3n) is 3.09. The van der Waals surface area contributed by atoms with Crippen molar-refractivity contribution in [1.82, 2.24) is 0 Å². The van der Waals surface area contributed by atoms with Crippen molar-refractivity contribution < 1.29 is 29.9 Å². The number of ether oxygens (including phenoxy) is 2. The van der Waals surface area contributed by atoms with Gasteiger partial charge < -0.3 is 29.9 Å². The molecule has 1 unspecified atom stereocenters. The van der Waals surface area contributed by atoms with Gasteiger partial charge >= 0.3 is 0 Å². The predicted molar refractivity (Wildman–Crippen MR) is 63.9 cm³/mol. The van der Waals surface area contributed by atoms with Crippen molar-refractivity contribution >= 4 is 0 Å². The van der Waals surface area contributed by atoms with Crippen molar-refractivity contribution in [2.45, 2.75) is 63.3 Å². The summed E-state index contributed by atoms with van der Waals surface area (Å²) in [6, 6.07) is 0. The molecule has 0 amide bonds. The van der Waals surface area contributed by atoms with E-state index in [1.807, 2.05) is 0 Å². The first kappa shape index (κ1) is 15.8. The number of aliphatic hydroxyl groups is 4. The molecule has 1 rings (SSSR count). The second-order valence-electron chi connectivity index (χ2n) is 4.69. The third kappa shape index (κ3) is 4.46. The molecule has 6 heteroatoms. The molecule has 1 saturated heterocycles. The zero-order chi connectivity index (χ0) is 13.5. The minimum Gasteiger partial charge on any atom is -0.394 e. The van der Waals surface area contributed by atoms with Gasteiger partial charge in [-0.05, 0) is 6.42 Å². The van der Waals surface area contributed by atoms with Gasteiger partial charge in [-0.1, -0.05) is 26.2 Å². The lowest BCUT2D eigenvalue weighted by atomic mass is 10.1. The number of hydrogen-bond donors (Lipinski definition) is 4. The summed E-state index contributed by atoms with van der Waals surface area (Å²) in [5, 5.41) is 37.6. The van der Waals surface area contributed by atoms with Crippen LogP contribution in [0.1, 0.15) is 32.6 Å². The highest BCUT2D eigenvalue weighted by atomic mass is 16.7. The van der Waals surface area contributed by atoms with Crippen LogP contribution in [0.5, 0.6) is 0 Å². The number of rotatable bonds is 8. The van der Waals surface area contributed by atoms with Crippen molar-refractivity contribution in [2.75, 3.05) is 13.2 Å². The van der Waals surface area contributed by atoms with E-state index in [2.05, 4.69) is 6.92 Å². The van der Waals surface area contributed by atoms with E-state index in [1.165, 1.54) is 0 Å². The van der Waals surface area contributed by atoms with Crippen LogP contribution in [0.3, 0.4) is 0 Å². The van der Waals surface area contributed by atoms with Gasteiger partial charge in [0.05, 0.1) is 19.3 Å². The summed E-state index contributed by atoms with van der Waals surface area (Å²) >= 11 is 0. The van der Waals surface area contributed by atoms with Crippen molar-refractivity contribution in [2.24, 2.45) is 0 Å².